The summed E-state index contributed by atoms with van der Waals surface area (Å²) in [5.41, 5.74) is 2.48. The van der Waals surface area contributed by atoms with Gasteiger partial charge in [0, 0.05) is 30.5 Å². The Balaban J connectivity index is 1.47. The summed E-state index contributed by atoms with van der Waals surface area (Å²) in [5.74, 6) is -0.0168. The van der Waals surface area contributed by atoms with Crippen molar-refractivity contribution in [1.29, 1.82) is 0 Å². The lowest BCUT2D eigenvalue weighted by Crippen LogP contribution is -2.36. The van der Waals surface area contributed by atoms with E-state index in [2.05, 4.69) is 15.6 Å². The molecule has 3 rings (SSSR count). The Morgan fingerprint density at radius 3 is 2.46 bits per heavy atom. The fourth-order valence-corrected chi connectivity index (χ4v) is 2.54. The molecule has 0 radical (unpaired) electrons. The highest BCUT2D eigenvalue weighted by atomic mass is 16.5. The molecule has 0 aliphatic heterocycles. The Bertz CT molecular complexity index is 941. The van der Waals surface area contributed by atoms with Crippen LogP contribution in [0.25, 0.3) is 0 Å². The molecule has 0 bridgehead atoms. The number of nitrogens with zero attached hydrogens (tertiary/aromatic N) is 1. The third kappa shape index (κ3) is 5.67. The first kappa shape index (κ1) is 19.1. The van der Waals surface area contributed by atoms with Crippen molar-refractivity contribution < 1.29 is 14.3 Å². The van der Waals surface area contributed by atoms with Crippen molar-refractivity contribution in [3.63, 3.8) is 0 Å². The number of aryl methyl sites for hydroxylation is 1. The molecule has 0 atom stereocenters. The van der Waals surface area contributed by atoms with Crippen LogP contribution in [-0.2, 0) is 16.0 Å². The van der Waals surface area contributed by atoms with Crippen LogP contribution < -0.4 is 15.4 Å². The molecule has 0 aliphatic carbocycles. The van der Waals surface area contributed by atoms with Gasteiger partial charge in [-0.2, -0.15) is 0 Å². The van der Waals surface area contributed by atoms with E-state index in [0.29, 0.717) is 24.4 Å². The van der Waals surface area contributed by atoms with Crippen molar-refractivity contribution in [1.82, 2.24) is 10.3 Å². The lowest BCUT2D eigenvalue weighted by molar-refractivity contribution is -0.136. The topological polar surface area (TPSA) is 80.3 Å². The summed E-state index contributed by atoms with van der Waals surface area (Å²) in [7, 11) is 0. The second-order valence-electron chi connectivity index (χ2n) is 6.22. The highest BCUT2D eigenvalue weighted by Gasteiger charge is 2.13. The van der Waals surface area contributed by atoms with Gasteiger partial charge in [-0.05, 0) is 61.0 Å². The van der Waals surface area contributed by atoms with E-state index in [9.17, 15) is 9.59 Å². The van der Waals surface area contributed by atoms with Crippen molar-refractivity contribution in [3.05, 3.63) is 84.2 Å². The molecule has 6 nitrogen and oxygen atoms in total. The predicted octanol–water partition coefficient (Wildman–Crippen LogP) is 3.48. The van der Waals surface area contributed by atoms with Gasteiger partial charge >= 0.3 is 11.8 Å². The number of rotatable bonds is 6. The van der Waals surface area contributed by atoms with Gasteiger partial charge in [-0.1, -0.05) is 18.2 Å². The number of anilines is 1. The Kier molecular flexibility index (Phi) is 6.36. The minimum Gasteiger partial charge on any atom is -0.457 e. The SMILES string of the molecule is Cc1cccc(Oc2ccc(NC(=O)C(=O)NCCc3ccccn3)cc2)c1. The number of ether oxygens (including phenoxy) is 1. The van der Waals surface area contributed by atoms with Crippen molar-refractivity contribution in [2.24, 2.45) is 0 Å². The van der Waals surface area contributed by atoms with E-state index >= 15 is 0 Å². The van der Waals surface area contributed by atoms with Crippen LogP contribution in [0, 0.1) is 6.92 Å². The van der Waals surface area contributed by atoms with Gasteiger partial charge in [0.15, 0.2) is 0 Å². The van der Waals surface area contributed by atoms with Crippen LogP contribution in [0.4, 0.5) is 5.69 Å². The third-order valence-corrected chi connectivity index (χ3v) is 3.94. The van der Waals surface area contributed by atoms with Crippen LogP contribution in [0.2, 0.25) is 0 Å². The number of nitrogens with one attached hydrogen (secondary N) is 2. The number of hydrogen-bond acceptors (Lipinski definition) is 4. The highest BCUT2D eigenvalue weighted by Crippen LogP contribution is 2.23. The van der Waals surface area contributed by atoms with Crippen LogP contribution in [0.1, 0.15) is 11.3 Å². The zero-order chi connectivity index (χ0) is 19.8. The van der Waals surface area contributed by atoms with Crippen molar-refractivity contribution in [3.8, 4) is 11.5 Å². The van der Waals surface area contributed by atoms with Gasteiger partial charge in [0.05, 0.1) is 0 Å². The van der Waals surface area contributed by atoms with E-state index in [1.165, 1.54) is 0 Å². The standard InChI is InChI=1S/C22H21N3O3/c1-16-5-4-7-20(15-16)28-19-10-8-18(9-11-19)25-22(27)21(26)24-14-12-17-6-2-3-13-23-17/h2-11,13,15H,12,14H2,1H3,(H,24,26)(H,25,27). The average Bonchev–Trinajstić information content (AvgIpc) is 2.70. The number of aromatic nitrogens is 1. The monoisotopic (exact) mass is 375 g/mol. The lowest BCUT2D eigenvalue weighted by atomic mass is 10.2. The van der Waals surface area contributed by atoms with E-state index in [1.807, 2.05) is 49.4 Å². The number of benzene rings is 2. The van der Waals surface area contributed by atoms with E-state index in [4.69, 9.17) is 4.74 Å². The molecule has 1 heterocycles. The summed E-state index contributed by atoms with van der Waals surface area (Å²) in [6.07, 6.45) is 2.25. The maximum absolute atomic E-state index is 12.0. The fraction of sp³-hybridized carbons (Fsp3) is 0.136. The van der Waals surface area contributed by atoms with E-state index in [1.54, 1.807) is 30.5 Å². The summed E-state index contributed by atoms with van der Waals surface area (Å²) < 4.78 is 5.76. The van der Waals surface area contributed by atoms with Crippen molar-refractivity contribution in [2.45, 2.75) is 13.3 Å². The quantitative estimate of drug-likeness (QED) is 0.647. The van der Waals surface area contributed by atoms with Crippen LogP contribution in [-0.4, -0.2) is 23.3 Å². The summed E-state index contributed by atoms with van der Waals surface area (Å²) in [6.45, 7) is 2.33. The first-order valence-corrected chi connectivity index (χ1v) is 8.94. The highest BCUT2D eigenvalue weighted by molar-refractivity contribution is 6.39. The number of hydrogen-bond donors (Lipinski definition) is 2. The van der Waals surface area contributed by atoms with Gasteiger partial charge in [-0.3, -0.25) is 14.6 Å². The van der Waals surface area contributed by atoms with Gasteiger partial charge in [-0.15, -0.1) is 0 Å². The first-order chi connectivity index (χ1) is 13.6. The minimum absolute atomic E-state index is 0.340. The molecule has 2 amide bonds. The maximum atomic E-state index is 12.0. The van der Waals surface area contributed by atoms with Gasteiger partial charge < -0.3 is 15.4 Å². The third-order valence-electron chi connectivity index (χ3n) is 3.94. The summed E-state index contributed by atoms with van der Waals surface area (Å²) in [6, 6.07) is 20.1. The van der Waals surface area contributed by atoms with Crippen LogP contribution >= 0.6 is 0 Å². The summed E-state index contributed by atoms with van der Waals surface area (Å²) in [4.78, 5) is 28.1. The van der Waals surface area contributed by atoms with Crippen molar-refractivity contribution >= 4 is 17.5 Å². The first-order valence-electron chi connectivity index (χ1n) is 8.94. The molecule has 0 aliphatic rings. The molecule has 0 saturated carbocycles. The molecule has 1 aromatic heterocycles. The molecule has 0 spiro atoms. The second-order valence-corrected chi connectivity index (χ2v) is 6.22. The van der Waals surface area contributed by atoms with Crippen LogP contribution in [0.3, 0.4) is 0 Å². The minimum atomic E-state index is -0.714. The second kappa shape index (κ2) is 9.32. The normalized spacial score (nSPS) is 10.2. The van der Waals surface area contributed by atoms with E-state index < -0.39 is 11.8 Å². The average molecular weight is 375 g/mol. The Morgan fingerprint density at radius 1 is 0.929 bits per heavy atom. The van der Waals surface area contributed by atoms with Crippen LogP contribution in [0.15, 0.2) is 72.9 Å². The van der Waals surface area contributed by atoms with Gasteiger partial charge in [-0.25, -0.2) is 0 Å². The molecule has 142 valence electrons. The zero-order valence-corrected chi connectivity index (χ0v) is 15.5. The zero-order valence-electron chi connectivity index (χ0n) is 15.5. The Labute approximate surface area is 163 Å². The molecule has 0 saturated heterocycles. The van der Waals surface area contributed by atoms with Gasteiger partial charge in [0.2, 0.25) is 0 Å². The molecule has 0 unspecified atom stereocenters. The largest absolute Gasteiger partial charge is 0.457 e. The van der Waals surface area contributed by atoms with E-state index in [0.717, 1.165) is 17.0 Å². The Hall–Kier alpha value is -3.67. The molecule has 2 N–H and O–H groups in total. The smallest absolute Gasteiger partial charge is 0.313 e. The number of amides is 2. The van der Waals surface area contributed by atoms with Crippen LogP contribution in [0.5, 0.6) is 11.5 Å². The molecular weight excluding hydrogens is 354 g/mol. The predicted molar refractivity (Wildman–Crippen MR) is 107 cm³/mol. The molecule has 3 aromatic rings. The number of pyridine rings is 1. The lowest BCUT2D eigenvalue weighted by Gasteiger charge is -2.09. The van der Waals surface area contributed by atoms with Gasteiger partial charge in [0.1, 0.15) is 11.5 Å². The molecule has 6 heteroatoms. The summed E-state index contributed by atoms with van der Waals surface area (Å²) >= 11 is 0. The molecule has 2 aromatic carbocycles. The molecule has 28 heavy (non-hydrogen) atoms. The maximum Gasteiger partial charge on any atom is 0.313 e. The van der Waals surface area contributed by atoms with E-state index in [-0.39, 0.29) is 0 Å². The Morgan fingerprint density at radius 2 is 1.75 bits per heavy atom. The fourth-order valence-electron chi connectivity index (χ4n) is 2.54. The number of carbonyl (C=O) groups excluding carboxylic acids is 2. The molecule has 0 fully saturated rings. The number of carbonyl (C=O) groups is 2. The van der Waals surface area contributed by atoms with Gasteiger partial charge in [0.25, 0.3) is 0 Å². The van der Waals surface area contributed by atoms with Crippen molar-refractivity contribution in [2.75, 3.05) is 11.9 Å². The molecular formula is C22H21N3O3. The summed E-state index contributed by atoms with van der Waals surface area (Å²) in [5, 5.41) is 5.15.